The molecule has 1 rings (SSSR count). The third-order valence-corrected chi connectivity index (χ3v) is 3.43. The van der Waals surface area contributed by atoms with E-state index in [1.54, 1.807) is 0 Å². The van der Waals surface area contributed by atoms with Crippen molar-refractivity contribution in [3.63, 3.8) is 0 Å². The predicted molar refractivity (Wildman–Crippen MR) is 69.8 cm³/mol. The first-order chi connectivity index (χ1) is 8.11. The Balaban J connectivity index is 2.22. The van der Waals surface area contributed by atoms with Crippen LogP contribution in [0.1, 0.15) is 52.9 Å². The highest BCUT2D eigenvalue weighted by Crippen LogP contribution is 2.29. The molecule has 1 saturated carbocycles. The molecular weight excluding hydrogens is 214 g/mol. The van der Waals surface area contributed by atoms with Crippen molar-refractivity contribution in [3.05, 3.63) is 0 Å². The zero-order valence-corrected chi connectivity index (χ0v) is 11.5. The Morgan fingerprint density at radius 3 is 2.82 bits per heavy atom. The average molecular weight is 241 g/mol. The van der Waals surface area contributed by atoms with Crippen molar-refractivity contribution in [1.82, 2.24) is 5.32 Å². The summed E-state index contributed by atoms with van der Waals surface area (Å²) in [4.78, 5) is 11.3. The maximum atomic E-state index is 11.3. The van der Waals surface area contributed by atoms with E-state index in [0.717, 1.165) is 11.8 Å². The van der Waals surface area contributed by atoms with Crippen LogP contribution in [-0.2, 0) is 9.53 Å². The molecule has 17 heavy (non-hydrogen) atoms. The number of carbonyl (C=O) groups is 1. The summed E-state index contributed by atoms with van der Waals surface area (Å²) in [6, 6.07) is 0.511. The highest BCUT2D eigenvalue weighted by molar-refractivity contribution is 5.71. The van der Waals surface area contributed by atoms with Gasteiger partial charge in [0.1, 0.15) is 0 Å². The van der Waals surface area contributed by atoms with Crippen molar-refractivity contribution in [1.29, 1.82) is 0 Å². The van der Waals surface area contributed by atoms with Gasteiger partial charge in [0.15, 0.2) is 0 Å². The van der Waals surface area contributed by atoms with Crippen LogP contribution < -0.4 is 5.32 Å². The van der Waals surface area contributed by atoms with Crippen molar-refractivity contribution >= 4 is 5.97 Å². The molecule has 0 radical (unpaired) electrons. The van der Waals surface area contributed by atoms with E-state index in [-0.39, 0.29) is 5.97 Å². The molecule has 0 bridgehead atoms. The summed E-state index contributed by atoms with van der Waals surface area (Å²) in [5, 5.41) is 3.33. The molecule has 3 heteroatoms. The fourth-order valence-electron chi connectivity index (χ4n) is 2.80. The smallest absolute Gasteiger partial charge is 0.319 e. The number of carbonyl (C=O) groups excluding carboxylic acids is 1. The van der Waals surface area contributed by atoms with Crippen molar-refractivity contribution in [2.24, 2.45) is 11.8 Å². The van der Waals surface area contributed by atoms with Crippen molar-refractivity contribution < 1.29 is 9.53 Å². The van der Waals surface area contributed by atoms with Gasteiger partial charge in [-0.25, -0.2) is 0 Å². The Hall–Kier alpha value is -0.570. The summed E-state index contributed by atoms with van der Waals surface area (Å²) < 4.78 is 4.92. The average Bonchev–Trinajstić information content (AvgIpc) is 2.26. The van der Waals surface area contributed by atoms with Crippen LogP contribution in [0.3, 0.4) is 0 Å². The predicted octanol–water partition coefficient (Wildman–Crippen LogP) is 2.74. The number of rotatable bonds is 6. The largest absolute Gasteiger partial charge is 0.465 e. The van der Waals surface area contributed by atoms with E-state index in [2.05, 4.69) is 19.2 Å². The van der Waals surface area contributed by atoms with E-state index in [9.17, 15) is 4.79 Å². The van der Waals surface area contributed by atoms with Crippen LogP contribution in [0.5, 0.6) is 0 Å². The Morgan fingerprint density at radius 2 is 2.18 bits per heavy atom. The quantitative estimate of drug-likeness (QED) is 0.727. The minimum Gasteiger partial charge on any atom is -0.465 e. The number of ether oxygens (including phenoxy) is 1. The Kier molecular flexibility index (Phi) is 6.56. The molecule has 0 amide bonds. The van der Waals surface area contributed by atoms with Crippen LogP contribution in [0.2, 0.25) is 0 Å². The Labute approximate surface area is 105 Å². The summed E-state index contributed by atoms with van der Waals surface area (Å²) in [5.41, 5.74) is 0. The van der Waals surface area contributed by atoms with E-state index in [1.807, 2.05) is 6.92 Å². The minimum atomic E-state index is -0.126. The molecule has 1 aliphatic carbocycles. The maximum absolute atomic E-state index is 11.3. The fourth-order valence-corrected chi connectivity index (χ4v) is 2.80. The van der Waals surface area contributed by atoms with Crippen LogP contribution in [0.15, 0.2) is 0 Å². The van der Waals surface area contributed by atoms with Gasteiger partial charge in [0.05, 0.1) is 13.2 Å². The molecule has 1 aliphatic rings. The highest BCUT2D eigenvalue weighted by atomic mass is 16.5. The second-order valence-electron chi connectivity index (χ2n) is 5.55. The molecule has 0 aromatic heterocycles. The SMILES string of the molecule is CCOC(=O)CNC1CCCC(CC(C)C)C1. The van der Waals surface area contributed by atoms with E-state index in [1.165, 1.54) is 32.1 Å². The topological polar surface area (TPSA) is 38.3 Å². The zero-order valence-electron chi connectivity index (χ0n) is 11.5. The second kappa shape index (κ2) is 7.70. The molecule has 0 aromatic carbocycles. The van der Waals surface area contributed by atoms with Crippen LogP contribution in [0.25, 0.3) is 0 Å². The first kappa shape index (κ1) is 14.5. The summed E-state index contributed by atoms with van der Waals surface area (Å²) in [7, 11) is 0. The zero-order chi connectivity index (χ0) is 12.7. The van der Waals surface area contributed by atoms with Gasteiger partial charge in [0.2, 0.25) is 0 Å². The molecule has 2 unspecified atom stereocenters. The first-order valence-electron chi connectivity index (χ1n) is 7.00. The second-order valence-corrected chi connectivity index (χ2v) is 5.55. The summed E-state index contributed by atoms with van der Waals surface area (Å²) >= 11 is 0. The number of esters is 1. The third kappa shape index (κ3) is 6.06. The van der Waals surface area contributed by atoms with Gasteiger partial charge in [-0.1, -0.05) is 26.7 Å². The van der Waals surface area contributed by atoms with Gasteiger partial charge >= 0.3 is 5.97 Å². The molecule has 1 N–H and O–H groups in total. The number of nitrogens with one attached hydrogen (secondary N) is 1. The van der Waals surface area contributed by atoms with Gasteiger partial charge in [0, 0.05) is 6.04 Å². The normalized spacial score (nSPS) is 24.9. The fraction of sp³-hybridized carbons (Fsp3) is 0.929. The maximum Gasteiger partial charge on any atom is 0.319 e. The van der Waals surface area contributed by atoms with Gasteiger partial charge in [-0.2, -0.15) is 0 Å². The monoisotopic (exact) mass is 241 g/mol. The summed E-state index contributed by atoms with van der Waals surface area (Å²) in [6.07, 6.45) is 6.39. The Bertz CT molecular complexity index is 228. The molecule has 0 heterocycles. The molecule has 0 aromatic rings. The van der Waals surface area contributed by atoms with E-state index >= 15 is 0 Å². The van der Waals surface area contributed by atoms with Crippen molar-refractivity contribution in [3.8, 4) is 0 Å². The van der Waals surface area contributed by atoms with E-state index in [0.29, 0.717) is 19.2 Å². The molecule has 1 fully saturated rings. The number of hydrogen-bond acceptors (Lipinski definition) is 3. The minimum absolute atomic E-state index is 0.126. The summed E-state index contributed by atoms with van der Waals surface area (Å²) in [6.45, 7) is 7.26. The van der Waals surface area contributed by atoms with Gasteiger partial charge in [-0.15, -0.1) is 0 Å². The highest BCUT2D eigenvalue weighted by Gasteiger charge is 2.22. The first-order valence-corrected chi connectivity index (χ1v) is 7.00. The molecule has 0 saturated heterocycles. The molecule has 2 atom stereocenters. The van der Waals surface area contributed by atoms with Crippen LogP contribution in [-0.4, -0.2) is 25.2 Å². The third-order valence-electron chi connectivity index (χ3n) is 3.43. The lowest BCUT2D eigenvalue weighted by Gasteiger charge is -2.30. The molecule has 0 spiro atoms. The lowest BCUT2D eigenvalue weighted by atomic mass is 9.81. The van der Waals surface area contributed by atoms with Crippen LogP contribution >= 0.6 is 0 Å². The lowest BCUT2D eigenvalue weighted by molar-refractivity contribution is -0.142. The van der Waals surface area contributed by atoms with Gasteiger partial charge < -0.3 is 10.1 Å². The van der Waals surface area contributed by atoms with E-state index in [4.69, 9.17) is 4.74 Å². The lowest BCUT2D eigenvalue weighted by Crippen LogP contribution is -2.38. The van der Waals surface area contributed by atoms with Gasteiger partial charge in [-0.05, 0) is 38.0 Å². The van der Waals surface area contributed by atoms with E-state index < -0.39 is 0 Å². The summed E-state index contributed by atoms with van der Waals surface area (Å²) in [5.74, 6) is 1.49. The molecular formula is C14H27NO2. The molecule has 3 nitrogen and oxygen atoms in total. The number of hydrogen-bond donors (Lipinski definition) is 1. The van der Waals surface area contributed by atoms with Gasteiger partial charge in [0.25, 0.3) is 0 Å². The molecule has 100 valence electrons. The van der Waals surface area contributed by atoms with Gasteiger partial charge in [-0.3, -0.25) is 4.79 Å². The van der Waals surface area contributed by atoms with Crippen LogP contribution in [0, 0.1) is 11.8 Å². The van der Waals surface area contributed by atoms with Crippen LogP contribution in [0.4, 0.5) is 0 Å². The Morgan fingerprint density at radius 1 is 1.41 bits per heavy atom. The van der Waals surface area contributed by atoms with Crippen molar-refractivity contribution in [2.45, 2.75) is 58.9 Å². The molecule has 0 aliphatic heterocycles. The standard InChI is InChI=1S/C14H27NO2/c1-4-17-14(16)10-15-13-7-5-6-12(9-13)8-11(2)3/h11-13,15H,4-10H2,1-3H3. The van der Waals surface area contributed by atoms with Crippen molar-refractivity contribution in [2.75, 3.05) is 13.2 Å².